The molecule has 0 amide bonds. The Labute approximate surface area is 118 Å². The first-order valence-electron chi connectivity index (χ1n) is 5.66. The monoisotopic (exact) mass is 318 g/mol. The molecule has 1 aromatic heterocycles. The maximum Gasteiger partial charge on any atom is 0.117 e. The maximum absolute atomic E-state index is 4.42. The Hall–Kier alpha value is -1.39. The lowest BCUT2D eigenvalue weighted by atomic mass is 10.2. The third-order valence-electron chi connectivity index (χ3n) is 2.73. The number of nitrogens with zero attached hydrogens (tertiary/aromatic N) is 1. The lowest BCUT2D eigenvalue weighted by molar-refractivity contribution is 1.16. The van der Waals surface area contributed by atoms with E-state index in [4.69, 9.17) is 0 Å². The average molecular weight is 319 g/mol. The first-order chi connectivity index (χ1) is 8.83. The molecule has 0 radical (unpaired) electrons. The van der Waals surface area contributed by atoms with Gasteiger partial charge in [0.2, 0.25) is 0 Å². The fourth-order valence-electron chi connectivity index (χ4n) is 1.85. The zero-order valence-electron chi connectivity index (χ0n) is 9.56. The highest BCUT2D eigenvalue weighted by atomic mass is 79.9. The topological polar surface area (TPSA) is 24.9 Å². The first-order valence-corrected chi connectivity index (χ1v) is 7.22. The molecule has 0 saturated heterocycles. The van der Waals surface area contributed by atoms with E-state index in [1.807, 2.05) is 30.3 Å². The predicted molar refractivity (Wildman–Crippen MR) is 81.1 cm³/mol. The molecule has 3 aromatic rings. The molecule has 0 aliphatic carbocycles. The molecular formula is C14H11BrN2S. The van der Waals surface area contributed by atoms with Crippen molar-refractivity contribution in [3.63, 3.8) is 0 Å². The highest BCUT2D eigenvalue weighted by Gasteiger charge is 2.04. The maximum atomic E-state index is 4.42. The first kappa shape index (κ1) is 11.7. The highest BCUT2D eigenvalue weighted by Crippen LogP contribution is 2.27. The molecule has 0 bridgehead atoms. The molecule has 1 heterocycles. The Balaban J connectivity index is 1.81. The van der Waals surface area contributed by atoms with Crippen LogP contribution in [-0.4, -0.2) is 4.37 Å². The summed E-state index contributed by atoms with van der Waals surface area (Å²) in [6.07, 6.45) is 0. The molecule has 0 spiro atoms. The summed E-state index contributed by atoms with van der Waals surface area (Å²) in [5.41, 5.74) is 2.31. The van der Waals surface area contributed by atoms with Crippen LogP contribution in [0.3, 0.4) is 0 Å². The number of anilines is 1. The normalized spacial score (nSPS) is 10.7. The lowest BCUT2D eigenvalue weighted by Gasteiger charge is -2.04. The average Bonchev–Trinajstić information content (AvgIpc) is 2.80. The summed E-state index contributed by atoms with van der Waals surface area (Å²) in [5.74, 6) is 0. The van der Waals surface area contributed by atoms with E-state index in [1.54, 1.807) is 0 Å². The van der Waals surface area contributed by atoms with Crippen molar-refractivity contribution in [3.05, 3.63) is 58.6 Å². The Bertz CT molecular complexity index is 678. The minimum Gasteiger partial charge on any atom is -0.371 e. The van der Waals surface area contributed by atoms with Crippen LogP contribution in [0.2, 0.25) is 0 Å². The molecule has 0 fully saturated rings. The lowest BCUT2D eigenvalue weighted by Crippen LogP contribution is -1.97. The highest BCUT2D eigenvalue weighted by molar-refractivity contribution is 9.10. The van der Waals surface area contributed by atoms with Gasteiger partial charge in [0, 0.05) is 16.4 Å². The summed E-state index contributed by atoms with van der Waals surface area (Å²) >= 11 is 5.00. The van der Waals surface area contributed by atoms with Gasteiger partial charge in [-0.15, -0.1) is 0 Å². The van der Waals surface area contributed by atoms with E-state index in [2.05, 4.69) is 43.8 Å². The van der Waals surface area contributed by atoms with Crippen LogP contribution in [-0.2, 0) is 6.54 Å². The van der Waals surface area contributed by atoms with Gasteiger partial charge in [0.25, 0.3) is 0 Å². The minimum atomic E-state index is 0.811. The molecule has 2 aromatic carbocycles. The van der Waals surface area contributed by atoms with E-state index in [-0.39, 0.29) is 0 Å². The second-order valence-corrected chi connectivity index (χ2v) is 5.70. The fourth-order valence-corrected chi connectivity index (χ4v) is 3.05. The quantitative estimate of drug-likeness (QED) is 0.759. The second kappa shape index (κ2) is 5.08. The molecule has 18 heavy (non-hydrogen) atoms. The van der Waals surface area contributed by atoms with Crippen LogP contribution in [0.1, 0.15) is 5.56 Å². The van der Waals surface area contributed by atoms with Gasteiger partial charge in [-0.2, -0.15) is 4.37 Å². The van der Waals surface area contributed by atoms with E-state index in [0.29, 0.717) is 0 Å². The molecule has 0 aliphatic rings. The molecule has 90 valence electrons. The van der Waals surface area contributed by atoms with Crippen LogP contribution >= 0.6 is 27.5 Å². The number of rotatable bonds is 3. The van der Waals surface area contributed by atoms with Gasteiger partial charge in [-0.1, -0.05) is 40.2 Å². The van der Waals surface area contributed by atoms with Crippen molar-refractivity contribution in [1.82, 2.24) is 4.37 Å². The van der Waals surface area contributed by atoms with Crippen molar-refractivity contribution in [1.29, 1.82) is 0 Å². The third-order valence-corrected chi connectivity index (χ3v) is 4.05. The van der Waals surface area contributed by atoms with Crippen molar-refractivity contribution in [2.75, 3.05) is 5.32 Å². The van der Waals surface area contributed by atoms with Crippen LogP contribution in [0.25, 0.3) is 10.9 Å². The van der Waals surface area contributed by atoms with Crippen LogP contribution in [0.4, 0.5) is 5.00 Å². The number of hydrogen-bond donors (Lipinski definition) is 1. The molecular weight excluding hydrogens is 308 g/mol. The zero-order valence-corrected chi connectivity index (χ0v) is 12.0. The van der Waals surface area contributed by atoms with Gasteiger partial charge >= 0.3 is 0 Å². The van der Waals surface area contributed by atoms with Crippen molar-refractivity contribution >= 4 is 43.4 Å². The number of aromatic nitrogens is 1. The molecule has 3 rings (SSSR count). The summed E-state index contributed by atoms with van der Waals surface area (Å²) in [5, 5.41) is 5.77. The van der Waals surface area contributed by atoms with Gasteiger partial charge in [0.1, 0.15) is 5.00 Å². The number of halogens is 1. The number of fused-ring (bicyclic) bond motifs is 1. The molecule has 1 N–H and O–H groups in total. The summed E-state index contributed by atoms with van der Waals surface area (Å²) < 4.78 is 5.53. The van der Waals surface area contributed by atoms with Gasteiger partial charge in [-0.05, 0) is 41.4 Å². The predicted octanol–water partition coefficient (Wildman–Crippen LogP) is 4.67. The van der Waals surface area contributed by atoms with Crippen molar-refractivity contribution in [2.24, 2.45) is 0 Å². The smallest absolute Gasteiger partial charge is 0.117 e. The van der Waals surface area contributed by atoms with Crippen LogP contribution in [0.15, 0.2) is 53.0 Å². The Morgan fingerprint density at radius 3 is 2.89 bits per heavy atom. The summed E-state index contributed by atoms with van der Waals surface area (Å²) in [6.45, 7) is 0.811. The second-order valence-electron chi connectivity index (χ2n) is 4.01. The van der Waals surface area contributed by atoms with E-state index in [1.165, 1.54) is 22.5 Å². The van der Waals surface area contributed by atoms with Crippen LogP contribution in [0, 0.1) is 0 Å². The number of benzene rings is 2. The molecule has 2 nitrogen and oxygen atoms in total. The summed E-state index contributed by atoms with van der Waals surface area (Å²) in [6, 6.07) is 16.5. The number of hydrogen-bond acceptors (Lipinski definition) is 3. The van der Waals surface area contributed by atoms with E-state index < -0.39 is 0 Å². The standard InChI is InChI=1S/C14H11BrN2S/c15-11-5-3-4-10(8-11)9-16-14-12-6-1-2-7-13(12)17-18-14/h1-8,16H,9H2. The summed E-state index contributed by atoms with van der Waals surface area (Å²) in [4.78, 5) is 0. The van der Waals surface area contributed by atoms with Gasteiger partial charge in [0.05, 0.1) is 5.52 Å². The summed E-state index contributed by atoms with van der Waals surface area (Å²) in [7, 11) is 0. The van der Waals surface area contributed by atoms with Crippen molar-refractivity contribution in [3.8, 4) is 0 Å². The van der Waals surface area contributed by atoms with E-state index in [0.717, 1.165) is 21.5 Å². The molecule has 0 atom stereocenters. The molecule has 0 aliphatic heterocycles. The fraction of sp³-hybridized carbons (Fsp3) is 0.0714. The molecule has 4 heteroatoms. The van der Waals surface area contributed by atoms with Crippen LogP contribution in [0.5, 0.6) is 0 Å². The van der Waals surface area contributed by atoms with Crippen molar-refractivity contribution < 1.29 is 0 Å². The zero-order chi connectivity index (χ0) is 12.4. The van der Waals surface area contributed by atoms with Crippen molar-refractivity contribution in [2.45, 2.75) is 6.54 Å². The minimum absolute atomic E-state index is 0.811. The van der Waals surface area contributed by atoms with Gasteiger partial charge in [0.15, 0.2) is 0 Å². The SMILES string of the molecule is Brc1cccc(CNc2snc3ccccc23)c1. The number of nitrogens with one attached hydrogen (secondary N) is 1. The van der Waals surface area contributed by atoms with Gasteiger partial charge in [-0.25, -0.2) is 0 Å². The van der Waals surface area contributed by atoms with E-state index >= 15 is 0 Å². The Kier molecular flexibility index (Phi) is 3.30. The van der Waals surface area contributed by atoms with Gasteiger partial charge in [-0.3, -0.25) is 0 Å². The Morgan fingerprint density at radius 1 is 1.11 bits per heavy atom. The van der Waals surface area contributed by atoms with Crippen LogP contribution < -0.4 is 5.32 Å². The Morgan fingerprint density at radius 2 is 2.00 bits per heavy atom. The van der Waals surface area contributed by atoms with Gasteiger partial charge < -0.3 is 5.32 Å². The van der Waals surface area contributed by atoms with E-state index in [9.17, 15) is 0 Å². The largest absolute Gasteiger partial charge is 0.371 e. The molecule has 0 saturated carbocycles. The molecule has 0 unspecified atom stereocenters. The third kappa shape index (κ3) is 2.40.